The van der Waals surface area contributed by atoms with Crippen LogP contribution in [0.2, 0.25) is 0 Å². The third kappa shape index (κ3) is 4.32. The molecule has 4 heteroatoms. The number of amides is 1. The van der Waals surface area contributed by atoms with Crippen LogP contribution in [-0.2, 0) is 11.2 Å². The van der Waals surface area contributed by atoms with Gasteiger partial charge in [-0.15, -0.1) is 0 Å². The zero-order valence-corrected chi connectivity index (χ0v) is 11.7. The summed E-state index contributed by atoms with van der Waals surface area (Å²) in [4.78, 5) is 11.8. The van der Waals surface area contributed by atoms with Crippen LogP contribution in [0, 0.1) is 5.92 Å². The van der Waals surface area contributed by atoms with Crippen molar-refractivity contribution in [2.24, 2.45) is 5.92 Å². The van der Waals surface area contributed by atoms with Gasteiger partial charge in [0.2, 0.25) is 5.91 Å². The zero-order chi connectivity index (χ0) is 14.4. The number of hydrogen-bond acceptors (Lipinski definition) is 3. The van der Waals surface area contributed by atoms with Crippen LogP contribution in [0.4, 0.5) is 0 Å². The monoisotopic (exact) mass is 277 g/mol. The third-order valence-corrected chi connectivity index (χ3v) is 3.97. The van der Waals surface area contributed by atoms with Crippen LogP contribution >= 0.6 is 0 Å². The van der Waals surface area contributed by atoms with E-state index in [4.69, 9.17) is 5.11 Å². The predicted octanol–water partition coefficient (Wildman–Crippen LogP) is 1.26. The van der Waals surface area contributed by atoms with E-state index < -0.39 is 6.10 Å². The maximum atomic E-state index is 11.8. The average Bonchev–Trinajstić information content (AvgIpc) is 2.80. The highest BCUT2D eigenvalue weighted by Gasteiger charge is 2.32. The molecule has 1 aromatic rings. The van der Waals surface area contributed by atoms with E-state index in [2.05, 4.69) is 17.4 Å². The molecule has 1 amide bonds. The van der Waals surface area contributed by atoms with Crippen LogP contribution in [-0.4, -0.2) is 34.9 Å². The highest BCUT2D eigenvalue weighted by atomic mass is 16.3. The lowest BCUT2D eigenvalue weighted by atomic mass is 10.1. The Kier molecular flexibility index (Phi) is 5.56. The predicted molar refractivity (Wildman–Crippen MR) is 77.1 cm³/mol. The van der Waals surface area contributed by atoms with Crippen LogP contribution in [0.5, 0.6) is 0 Å². The van der Waals surface area contributed by atoms with Crippen molar-refractivity contribution in [3.8, 4) is 0 Å². The molecule has 0 saturated heterocycles. The molecule has 0 spiro atoms. The Labute approximate surface area is 119 Å². The Morgan fingerprint density at radius 3 is 2.65 bits per heavy atom. The zero-order valence-electron chi connectivity index (χ0n) is 11.7. The fraction of sp³-hybridized carbons (Fsp3) is 0.562. The highest BCUT2D eigenvalue weighted by Crippen LogP contribution is 2.25. The number of hydrogen-bond donors (Lipinski definition) is 3. The van der Waals surface area contributed by atoms with Crippen LogP contribution in [0.1, 0.15) is 31.2 Å². The second-order valence-corrected chi connectivity index (χ2v) is 5.58. The molecule has 2 rings (SSSR count). The summed E-state index contributed by atoms with van der Waals surface area (Å²) >= 11 is 0. The number of carbonyl (C=O) groups is 1. The molecule has 0 heterocycles. The SMILES string of the molecule is O=C(CCCc1ccccc1)N[C@H]1C[C@@H](CO)[C@@H](O)C1. The minimum atomic E-state index is -0.491. The molecule has 3 atom stereocenters. The maximum Gasteiger partial charge on any atom is 0.220 e. The molecule has 1 aliphatic rings. The first-order valence-electron chi connectivity index (χ1n) is 7.31. The summed E-state index contributed by atoms with van der Waals surface area (Å²) in [7, 11) is 0. The number of benzene rings is 1. The number of carbonyl (C=O) groups excluding carboxylic acids is 1. The van der Waals surface area contributed by atoms with Gasteiger partial charge in [0.1, 0.15) is 0 Å². The summed E-state index contributed by atoms with van der Waals surface area (Å²) in [5, 5.41) is 21.7. The Morgan fingerprint density at radius 2 is 2.00 bits per heavy atom. The molecule has 1 aliphatic carbocycles. The molecule has 20 heavy (non-hydrogen) atoms. The summed E-state index contributed by atoms with van der Waals surface area (Å²) in [5.41, 5.74) is 1.25. The second kappa shape index (κ2) is 7.41. The van der Waals surface area contributed by atoms with Gasteiger partial charge >= 0.3 is 0 Å². The van der Waals surface area contributed by atoms with Gasteiger partial charge in [-0.3, -0.25) is 4.79 Å². The largest absolute Gasteiger partial charge is 0.396 e. The molecule has 1 aromatic carbocycles. The molecule has 0 aliphatic heterocycles. The number of aryl methyl sites for hydroxylation is 1. The smallest absolute Gasteiger partial charge is 0.220 e. The van der Waals surface area contributed by atoms with Gasteiger partial charge in [-0.25, -0.2) is 0 Å². The minimum Gasteiger partial charge on any atom is -0.396 e. The third-order valence-electron chi connectivity index (χ3n) is 3.97. The first-order valence-corrected chi connectivity index (χ1v) is 7.31. The van der Waals surface area contributed by atoms with Crippen molar-refractivity contribution < 1.29 is 15.0 Å². The topological polar surface area (TPSA) is 69.6 Å². The van der Waals surface area contributed by atoms with Crippen LogP contribution in [0.15, 0.2) is 30.3 Å². The van der Waals surface area contributed by atoms with Gasteiger partial charge in [0, 0.05) is 25.0 Å². The van der Waals surface area contributed by atoms with Crippen molar-refractivity contribution in [3.63, 3.8) is 0 Å². The van der Waals surface area contributed by atoms with Gasteiger partial charge in [-0.05, 0) is 31.2 Å². The molecule has 0 aromatic heterocycles. The maximum absolute atomic E-state index is 11.8. The van der Waals surface area contributed by atoms with E-state index in [9.17, 15) is 9.90 Å². The van der Waals surface area contributed by atoms with Crippen molar-refractivity contribution in [1.29, 1.82) is 0 Å². The molecular formula is C16H23NO3. The number of nitrogens with one attached hydrogen (secondary N) is 1. The minimum absolute atomic E-state index is 0.00590. The Morgan fingerprint density at radius 1 is 1.25 bits per heavy atom. The first kappa shape index (κ1) is 15.0. The molecule has 0 unspecified atom stereocenters. The van der Waals surface area contributed by atoms with Gasteiger partial charge in [0.15, 0.2) is 0 Å². The quantitative estimate of drug-likeness (QED) is 0.733. The van der Waals surface area contributed by atoms with Gasteiger partial charge in [0.25, 0.3) is 0 Å². The summed E-state index contributed by atoms with van der Waals surface area (Å²) in [6.07, 6.45) is 2.97. The van der Waals surface area contributed by atoms with E-state index in [-0.39, 0.29) is 24.5 Å². The van der Waals surface area contributed by atoms with Crippen molar-refractivity contribution >= 4 is 5.91 Å². The molecule has 0 radical (unpaired) electrons. The van der Waals surface area contributed by atoms with Gasteiger partial charge in [-0.2, -0.15) is 0 Å². The van der Waals surface area contributed by atoms with E-state index >= 15 is 0 Å². The van der Waals surface area contributed by atoms with Gasteiger partial charge < -0.3 is 15.5 Å². The Hall–Kier alpha value is -1.39. The fourth-order valence-electron chi connectivity index (χ4n) is 2.81. The molecule has 4 nitrogen and oxygen atoms in total. The average molecular weight is 277 g/mol. The lowest BCUT2D eigenvalue weighted by Gasteiger charge is -2.12. The summed E-state index contributed by atoms with van der Waals surface area (Å²) in [6, 6.07) is 10.1. The first-order chi connectivity index (χ1) is 9.69. The van der Waals surface area contributed by atoms with Crippen molar-refractivity contribution in [2.75, 3.05) is 6.61 Å². The van der Waals surface area contributed by atoms with Crippen LogP contribution < -0.4 is 5.32 Å². The van der Waals surface area contributed by atoms with Gasteiger partial charge in [-0.1, -0.05) is 30.3 Å². The lowest BCUT2D eigenvalue weighted by molar-refractivity contribution is -0.121. The van der Waals surface area contributed by atoms with E-state index in [0.29, 0.717) is 19.3 Å². The van der Waals surface area contributed by atoms with E-state index in [0.717, 1.165) is 12.8 Å². The van der Waals surface area contributed by atoms with Crippen molar-refractivity contribution in [2.45, 2.75) is 44.2 Å². The summed E-state index contributed by atoms with van der Waals surface area (Å²) < 4.78 is 0. The highest BCUT2D eigenvalue weighted by molar-refractivity contribution is 5.76. The summed E-state index contributed by atoms with van der Waals surface area (Å²) in [5.74, 6) is -0.0543. The van der Waals surface area contributed by atoms with E-state index in [1.807, 2.05) is 18.2 Å². The summed E-state index contributed by atoms with van der Waals surface area (Å²) in [6.45, 7) is -0.0124. The molecule has 0 bridgehead atoms. The number of rotatable bonds is 6. The van der Waals surface area contributed by atoms with Crippen LogP contribution in [0.3, 0.4) is 0 Å². The second-order valence-electron chi connectivity index (χ2n) is 5.58. The normalized spacial score (nSPS) is 25.6. The van der Waals surface area contributed by atoms with E-state index in [1.54, 1.807) is 0 Å². The number of aliphatic hydroxyl groups excluding tert-OH is 2. The van der Waals surface area contributed by atoms with Gasteiger partial charge in [0.05, 0.1) is 6.10 Å². The molecule has 3 N–H and O–H groups in total. The molecule has 110 valence electrons. The Balaban J connectivity index is 1.66. The van der Waals surface area contributed by atoms with Crippen molar-refractivity contribution in [1.82, 2.24) is 5.32 Å². The molecular weight excluding hydrogens is 254 g/mol. The molecule has 1 fully saturated rings. The van der Waals surface area contributed by atoms with E-state index in [1.165, 1.54) is 5.56 Å². The van der Waals surface area contributed by atoms with Crippen molar-refractivity contribution in [3.05, 3.63) is 35.9 Å². The standard InChI is InChI=1S/C16H23NO3/c18-11-13-9-14(10-15(13)19)17-16(20)8-4-7-12-5-2-1-3-6-12/h1-3,5-6,13-15,18-19H,4,7-11H2,(H,17,20)/t13-,14-,15-/m0/s1. The molecule has 1 saturated carbocycles. The lowest BCUT2D eigenvalue weighted by Crippen LogP contribution is -2.33. The Bertz CT molecular complexity index is 421. The van der Waals surface area contributed by atoms with Crippen LogP contribution in [0.25, 0.3) is 0 Å². The fourth-order valence-corrected chi connectivity index (χ4v) is 2.81. The number of aliphatic hydroxyl groups is 2.